The summed E-state index contributed by atoms with van der Waals surface area (Å²) < 4.78 is 0. The van der Waals surface area contributed by atoms with E-state index in [0.717, 1.165) is 24.3 Å². The van der Waals surface area contributed by atoms with Crippen molar-refractivity contribution in [2.45, 2.75) is 41.0 Å². The van der Waals surface area contributed by atoms with Crippen LogP contribution in [0.25, 0.3) is 0 Å². The number of carbonyl (C=O) groups excluding carboxylic acids is 1. The molecule has 0 saturated carbocycles. The topological polar surface area (TPSA) is 66.9 Å². The molecule has 0 aliphatic carbocycles. The largest absolute Gasteiger partial charge is 0.370 e. The van der Waals surface area contributed by atoms with E-state index in [1.54, 1.807) is 12.3 Å². The number of anilines is 2. The third-order valence-electron chi connectivity index (χ3n) is 2.87. The van der Waals surface area contributed by atoms with Gasteiger partial charge in [0.15, 0.2) is 5.15 Å². The molecule has 1 amide bonds. The maximum atomic E-state index is 10.1. The van der Waals surface area contributed by atoms with Gasteiger partial charge >= 0.3 is 0 Å². The molecule has 0 fully saturated rings. The standard InChI is InChI=1S/C9H14N2.C7H7ClN2O.C2H6/c1-3-6-10-9-8(2)5-4-7-11-9;1-5-2-3-9-7(8)6(5)10-4-11;1-2/h4-5,7H,3,6H2,1-2H3,(H,10,11);2-4H,1H3,(H,10,11);1-2H3. The summed E-state index contributed by atoms with van der Waals surface area (Å²) in [7, 11) is 0. The van der Waals surface area contributed by atoms with Crippen molar-refractivity contribution in [3.8, 4) is 0 Å². The van der Waals surface area contributed by atoms with E-state index in [1.165, 1.54) is 5.56 Å². The minimum Gasteiger partial charge on any atom is -0.370 e. The molecular formula is C18H27ClN4O. The van der Waals surface area contributed by atoms with Crippen LogP contribution in [0.3, 0.4) is 0 Å². The molecule has 6 heteroatoms. The first-order chi connectivity index (χ1) is 11.6. The quantitative estimate of drug-likeness (QED) is 0.597. The van der Waals surface area contributed by atoms with E-state index in [-0.39, 0.29) is 0 Å². The molecular weight excluding hydrogens is 324 g/mol. The smallest absolute Gasteiger partial charge is 0.211 e. The van der Waals surface area contributed by atoms with Crippen molar-refractivity contribution in [1.82, 2.24) is 9.97 Å². The van der Waals surface area contributed by atoms with Crippen LogP contribution in [0, 0.1) is 13.8 Å². The Morgan fingerprint density at radius 2 is 1.83 bits per heavy atom. The van der Waals surface area contributed by atoms with Crippen LogP contribution in [-0.4, -0.2) is 22.9 Å². The van der Waals surface area contributed by atoms with Crippen molar-refractivity contribution in [1.29, 1.82) is 0 Å². The summed E-state index contributed by atoms with van der Waals surface area (Å²) in [6.45, 7) is 11.0. The lowest BCUT2D eigenvalue weighted by atomic mass is 10.2. The normalized spacial score (nSPS) is 8.92. The third kappa shape index (κ3) is 7.92. The molecule has 0 bridgehead atoms. The first-order valence-corrected chi connectivity index (χ1v) is 8.44. The molecule has 0 saturated heterocycles. The van der Waals surface area contributed by atoms with Gasteiger partial charge in [-0.15, -0.1) is 0 Å². The van der Waals surface area contributed by atoms with Crippen LogP contribution >= 0.6 is 11.6 Å². The summed E-state index contributed by atoms with van der Waals surface area (Å²) in [5.74, 6) is 1.01. The fourth-order valence-corrected chi connectivity index (χ4v) is 1.93. The Balaban J connectivity index is 0.000000400. The van der Waals surface area contributed by atoms with E-state index in [9.17, 15) is 4.79 Å². The maximum Gasteiger partial charge on any atom is 0.211 e. The van der Waals surface area contributed by atoms with Gasteiger partial charge in [0, 0.05) is 18.9 Å². The second-order valence-corrected chi connectivity index (χ2v) is 5.01. The van der Waals surface area contributed by atoms with E-state index in [4.69, 9.17) is 11.6 Å². The summed E-state index contributed by atoms with van der Waals surface area (Å²) in [4.78, 5) is 18.1. The number of aryl methyl sites for hydroxylation is 2. The molecule has 0 atom stereocenters. The number of nitrogens with zero attached hydrogens (tertiary/aromatic N) is 2. The lowest BCUT2D eigenvalue weighted by Gasteiger charge is -2.05. The van der Waals surface area contributed by atoms with Crippen LogP contribution in [0.2, 0.25) is 5.15 Å². The molecule has 2 aromatic heterocycles. The van der Waals surface area contributed by atoms with Crippen molar-refractivity contribution >= 4 is 29.5 Å². The Morgan fingerprint density at radius 1 is 1.12 bits per heavy atom. The van der Waals surface area contributed by atoms with Gasteiger partial charge in [-0.3, -0.25) is 4.79 Å². The zero-order valence-corrected chi connectivity index (χ0v) is 15.8. The van der Waals surface area contributed by atoms with Gasteiger partial charge in [0.1, 0.15) is 5.82 Å². The highest BCUT2D eigenvalue weighted by Gasteiger charge is 2.01. The number of nitrogens with one attached hydrogen (secondary N) is 2. The molecule has 0 aliphatic heterocycles. The minimum absolute atomic E-state index is 0.317. The van der Waals surface area contributed by atoms with Gasteiger partial charge in [-0.2, -0.15) is 0 Å². The highest BCUT2D eigenvalue weighted by molar-refractivity contribution is 6.32. The number of pyridine rings is 2. The maximum absolute atomic E-state index is 10.1. The SMILES string of the molecule is CC.CCCNc1ncccc1C.Cc1ccnc(Cl)c1NC=O. The Morgan fingerprint density at radius 3 is 2.38 bits per heavy atom. The molecule has 24 heavy (non-hydrogen) atoms. The fraction of sp³-hybridized carbons (Fsp3) is 0.389. The zero-order valence-electron chi connectivity index (χ0n) is 15.1. The Labute approximate surface area is 149 Å². The molecule has 5 nitrogen and oxygen atoms in total. The average Bonchev–Trinajstić information content (AvgIpc) is 2.60. The summed E-state index contributed by atoms with van der Waals surface area (Å²) in [6.07, 6.45) is 5.12. The van der Waals surface area contributed by atoms with Crippen LogP contribution < -0.4 is 10.6 Å². The number of carbonyl (C=O) groups is 1. The van der Waals surface area contributed by atoms with Gasteiger partial charge in [0.2, 0.25) is 6.41 Å². The molecule has 0 aromatic carbocycles. The van der Waals surface area contributed by atoms with E-state index in [1.807, 2.05) is 33.0 Å². The Kier molecular flexibility index (Phi) is 12.1. The van der Waals surface area contributed by atoms with Gasteiger partial charge in [-0.05, 0) is 43.5 Å². The number of aromatic nitrogens is 2. The van der Waals surface area contributed by atoms with Crippen molar-refractivity contribution < 1.29 is 4.79 Å². The van der Waals surface area contributed by atoms with Gasteiger partial charge < -0.3 is 10.6 Å². The molecule has 2 N–H and O–H groups in total. The predicted octanol–water partition coefficient (Wildman–Crippen LogP) is 4.85. The molecule has 0 spiro atoms. The molecule has 2 aromatic rings. The number of hydrogen-bond acceptors (Lipinski definition) is 4. The molecule has 2 heterocycles. The molecule has 2 rings (SSSR count). The van der Waals surface area contributed by atoms with Gasteiger partial charge in [-0.25, -0.2) is 9.97 Å². The van der Waals surface area contributed by atoms with Crippen molar-refractivity contribution in [3.05, 3.63) is 46.9 Å². The summed E-state index contributed by atoms with van der Waals surface area (Å²) in [6, 6.07) is 5.79. The van der Waals surface area contributed by atoms with E-state index >= 15 is 0 Å². The fourth-order valence-electron chi connectivity index (χ4n) is 1.67. The van der Waals surface area contributed by atoms with Crippen LogP contribution in [0.1, 0.15) is 38.3 Å². The number of halogens is 1. The summed E-state index contributed by atoms with van der Waals surface area (Å²) in [5.41, 5.74) is 2.68. The van der Waals surface area contributed by atoms with Gasteiger partial charge in [0.25, 0.3) is 0 Å². The third-order valence-corrected chi connectivity index (χ3v) is 3.15. The minimum atomic E-state index is 0.317. The first-order valence-electron chi connectivity index (χ1n) is 8.06. The summed E-state index contributed by atoms with van der Waals surface area (Å²) in [5, 5.41) is 6.04. The number of rotatable bonds is 5. The van der Waals surface area contributed by atoms with Crippen LogP contribution in [0.15, 0.2) is 30.6 Å². The monoisotopic (exact) mass is 350 g/mol. The van der Waals surface area contributed by atoms with Crippen LogP contribution in [0.5, 0.6) is 0 Å². The highest BCUT2D eigenvalue weighted by Crippen LogP contribution is 2.21. The lowest BCUT2D eigenvalue weighted by Crippen LogP contribution is -2.02. The number of amides is 1. The van der Waals surface area contributed by atoms with Gasteiger partial charge in [-0.1, -0.05) is 38.4 Å². The van der Waals surface area contributed by atoms with E-state index in [0.29, 0.717) is 17.3 Å². The van der Waals surface area contributed by atoms with Crippen molar-refractivity contribution in [2.75, 3.05) is 17.2 Å². The van der Waals surface area contributed by atoms with Crippen molar-refractivity contribution in [2.24, 2.45) is 0 Å². The zero-order chi connectivity index (χ0) is 18.4. The van der Waals surface area contributed by atoms with E-state index in [2.05, 4.69) is 40.5 Å². The molecule has 0 aliphatic rings. The highest BCUT2D eigenvalue weighted by atomic mass is 35.5. The van der Waals surface area contributed by atoms with Crippen LogP contribution in [-0.2, 0) is 4.79 Å². The first kappa shape index (κ1) is 21.9. The Bertz CT molecular complexity index is 585. The lowest BCUT2D eigenvalue weighted by molar-refractivity contribution is -0.105. The predicted molar refractivity (Wildman–Crippen MR) is 103 cm³/mol. The van der Waals surface area contributed by atoms with Gasteiger partial charge in [0.05, 0.1) is 5.69 Å². The number of hydrogen-bond donors (Lipinski definition) is 2. The Hall–Kier alpha value is -2.14. The van der Waals surface area contributed by atoms with E-state index < -0.39 is 0 Å². The van der Waals surface area contributed by atoms with Crippen LogP contribution in [0.4, 0.5) is 11.5 Å². The van der Waals surface area contributed by atoms with Crippen molar-refractivity contribution in [3.63, 3.8) is 0 Å². The second-order valence-electron chi connectivity index (χ2n) is 4.65. The molecule has 132 valence electrons. The average molecular weight is 351 g/mol. The second kappa shape index (κ2) is 13.3. The molecule has 0 unspecified atom stereocenters. The summed E-state index contributed by atoms with van der Waals surface area (Å²) >= 11 is 5.68. The molecule has 0 radical (unpaired) electrons.